The molecule has 2 rings (SSSR count). The van der Waals surface area contributed by atoms with Gasteiger partial charge in [0.05, 0.1) is 12.6 Å². The monoisotopic (exact) mass is 268 g/mol. The van der Waals surface area contributed by atoms with Crippen molar-refractivity contribution in [1.82, 2.24) is 5.32 Å². The standard InChI is InChI=1S/C17H20N2O/c1-13-8-10-15(11-9-13)14(2)19-17(20)12-18-16-6-4-3-5-7-16/h3-11,14,18H,12H2,1-2H3,(H,19,20)/t14-/m0/s1. The van der Waals surface area contributed by atoms with Crippen molar-refractivity contribution in [2.75, 3.05) is 11.9 Å². The van der Waals surface area contributed by atoms with Crippen LogP contribution in [0.15, 0.2) is 54.6 Å². The van der Waals surface area contributed by atoms with E-state index in [1.165, 1.54) is 5.56 Å². The van der Waals surface area contributed by atoms with E-state index in [2.05, 4.69) is 29.7 Å². The van der Waals surface area contributed by atoms with E-state index >= 15 is 0 Å². The van der Waals surface area contributed by atoms with Crippen molar-refractivity contribution in [3.63, 3.8) is 0 Å². The smallest absolute Gasteiger partial charge is 0.239 e. The molecule has 0 saturated heterocycles. The minimum absolute atomic E-state index is 0.0121. The molecule has 0 aromatic heterocycles. The van der Waals surface area contributed by atoms with Crippen molar-refractivity contribution < 1.29 is 4.79 Å². The fraction of sp³-hybridized carbons (Fsp3) is 0.235. The van der Waals surface area contributed by atoms with Crippen LogP contribution in [0.4, 0.5) is 5.69 Å². The molecule has 0 radical (unpaired) electrons. The number of carbonyl (C=O) groups is 1. The fourth-order valence-electron chi connectivity index (χ4n) is 1.97. The zero-order valence-corrected chi connectivity index (χ0v) is 11.9. The lowest BCUT2D eigenvalue weighted by Crippen LogP contribution is -2.32. The van der Waals surface area contributed by atoms with Crippen molar-refractivity contribution in [3.8, 4) is 0 Å². The first-order valence-corrected chi connectivity index (χ1v) is 6.80. The SMILES string of the molecule is Cc1ccc([C@H](C)NC(=O)CNc2ccccc2)cc1. The van der Waals surface area contributed by atoms with Crippen molar-refractivity contribution in [2.45, 2.75) is 19.9 Å². The molecule has 0 aliphatic carbocycles. The second-order valence-corrected chi connectivity index (χ2v) is 4.92. The predicted octanol–water partition coefficient (Wildman–Crippen LogP) is 3.28. The third kappa shape index (κ3) is 4.12. The summed E-state index contributed by atoms with van der Waals surface area (Å²) >= 11 is 0. The van der Waals surface area contributed by atoms with Crippen LogP contribution in [-0.4, -0.2) is 12.5 Å². The maximum atomic E-state index is 11.9. The van der Waals surface area contributed by atoms with Crippen LogP contribution in [-0.2, 0) is 4.79 Å². The van der Waals surface area contributed by atoms with Gasteiger partial charge in [-0.1, -0.05) is 48.0 Å². The molecule has 3 heteroatoms. The quantitative estimate of drug-likeness (QED) is 0.873. The second kappa shape index (κ2) is 6.75. The van der Waals surface area contributed by atoms with Crippen molar-refractivity contribution >= 4 is 11.6 Å². The number of carbonyl (C=O) groups excluding carboxylic acids is 1. The lowest BCUT2D eigenvalue weighted by Gasteiger charge is -2.15. The number of benzene rings is 2. The molecule has 0 spiro atoms. The van der Waals surface area contributed by atoms with Gasteiger partial charge in [0.25, 0.3) is 0 Å². The Labute approximate surface area is 120 Å². The molecular formula is C17H20N2O. The van der Waals surface area contributed by atoms with E-state index in [1.54, 1.807) is 0 Å². The first-order valence-electron chi connectivity index (χ1n) is 6.80. The van der Waals surface area contributed by atoms with Gasteiger partial charge in [-0.25, -0.2) is 0 Å². The van der Waals surface area contributed by atoms with Gasteiger partial charge in [-0.15, -0.1) is 0 Å². The number of hydrogen-bond donors (Lipinski definition) is 2. The molecule has 1 amide bonds. The molecule has 20 heavy (non-hydrogen) atoms. The largest absolute Gasteiger partial charge is 0.376 e. The summed E-state index contributed by atoms with van der Waals surface area (Å²) < 4.78 is 0. The number of hydrogen-bond acceptors (Lipinski definition) is 2. The molecule has 0 saturated carbocycles. The number of anilines is 1. The highest BCUT2D eigenvalue weighted by Gasteiger charge is 2.08. The maximum absolute atomic E-state index is 11.9. The fourth-order valence-corrected chi connectivity index (χ4v) is 1.97. The number of aryl methyl sites for hydroxylation is 1. The summed E-state index contributed by atoms with van der Waals surface area (Å²) in [6.45, 7) is 4.32. The van der Waals surface area contributed by atoms with E-state index in [9.17, 15) is 4.79 Å². The first-order chi connectivity index (χ1) is 9.65. The molecule has 2 aromatic rings. The van der Waals surface area contributed by atoms with Crippen molar-refractivity contribution in [1.29, 1.82) is 0 Å². The van der Waals surface area contributed by atoms with E-state index < -0.39 is 0 Å². The van der Waals surface area contributed by atoms with E-state index in [0.29, 0.717) is 0 Å². The summed E-state index contributed by atoms with van der Waals surface area (Å²) in [5, 5.41) is 6.08. The Balaban J connectivity index is 1.83. The highest BCUT2D eigenvalue weighted by molar-refractivity contribution is 5.81. The number of rotatable bonds is 5. The highest BCUT2D eigenvalue weighted by Crippen LogP contribution is 2.12. The van der Waals surface area contributed by atoms with Gasteiger partial charge in [-0.2, -0.15) is 0 Å². The predicted molar refractivity (Wildman–Crippen MR) is 82.7 cm³/mol. The lowest BCUT2D eigenvalue weighted by molar-refractivity contribution is -0.120. The van der Waals surface area contributed by atoms with E-state index in [4.69, 9.17) is 0 Å². The molecule has 0 bridgehead atoms. The molecule has 1 atom stereocenters. The van der Waals surface area contributed by atoms with Gasteiger partial charge >= 0.3 is 0 Å². The van der Waals surface area contributed by atoms with Gasteiger partial charge in [0.2, 0.25) is 5.91 Å². The highest BCUT2D eigenvalue weighted by atomic mass is 16.1. The van der Waals surface area contributed by atoms with E-state index in [1.807, 2.05) is 49.4 Å². The molecule has 3 nitrogen and oxygen atoms in total. The normalized spacial score (nSPS) is 11.7. The van der Waals surface area contributed by atoms with E-state index in [-0.39, 0.29) is 18.5 Å². The third-order valence-corrected chi connectivity index (χ3v) is 3.18. The summed E-state index contributed by atoms with van der Waals surface area (Å²) in [7, 11) is 0. The molecular weight excluding hydrogens is 248 g/mol. The van der Waals surface area contributed by atoms with Gasteiger partial charge in [0.15, 0.2) is 0 Å². The van der Waals surface area contributed by atoms with Crippen LogP contribution < -0.4 is 10.6 Å². The van der Waals surface area contributed by atoms with Gasteiger partial charge in [0, 0.05) is 5.69 Å². The molecule has 2 N–H and O–H groups in total. The summed E-state index contributed by atoms with van der Waals surface area (Å²) in [6, 6.07) is 17.9. The summed E-state index contributed by atoms with van der Waals surface area (Å²) in [4.78, 5) is 11.9. The van der Waals surface area contributed by atoms with Gasteiger partial charge in [-0.05, 0) is 31.5 Å². The number of amides is 1. The Morgan fingerprint density at radius 1 is 1.05 bits per heavy atom. The number of nitrogens with one attached hydrogen (secondary N) is 2. The van der Waals surface area contributed by atoms with Gasteiger partial charge in [-0.3, -0.25) is 4.79 Å². The minimum atomic E-state index is -0.0121. The molecule has 0 unspecified atom stereocenters. The molecule has 104 valence electrons. The van der Waals surface area contributed by atoms with Crippen LogP contribution in [0.25, 0.3) is 0 Å². The van der Waals surface area contributed by atoms with Crippen LogP contribution >= 0.6 is 0 Å². The van der Waals surface area contributed by atoms with Crippen LogP contribution in [0.5, 0.6) is 0 Å². The van der Waals surface area contributed by atoms with Crippen LogP contribution in [0, 0.1) is 6.92 Å². The lowest BCUT2D eigenvalue weighted by atomic mass is 10.1. The topological polar surface area (TPSA) is 41.1 Å². The third-order valence-electron chi connectivity index (χ3n) is 3.18. The average Bonchev–Trinajstić information content (AvgIpc) is 2.47. The van der Waals surface area contributed by atoms with Gasteiger partial charge in [0.1, 0.15) is 0 Å². The molecule has 2 aromatic carbocycles. The number of para-hydroxylation sites is 1. The zero-order valence-electron chi connectivity index (χ0n) is 11.9. The Bertz CT molecular complexity index is 549. The Kier molecular flexibility index (Phi) is 4.77. The zero-order chi connectivity index (χ0) is 14.4. The van der Waals surface area contributed by atoms with Crippen molar-refractivity contribution in [3.05, 3.63) is 65.7 Å². The van der Waals surface area contributed by atoms with E-state index in [0.717, 1.165) is 11.3 Å². The maximum Gasteiger partial charge on any atom is 0.239 e. The molecule has 0 aliphatic heterocycles. The minimum Gasteiger partial charge on any atom is -0.376 e. The average molecular weight is 268 g/mol. The summed E-state index contributed by atoms with van der Waals surface area (Å²) in [5.41, 5.74) is 3.28. The van der Waals surface area contributed by atoms with Crippen molar-refractivity contribution in [2.24, 2.45) is 0 Å². The van der Waals surface area contributed by atoms with Gasteiger partial charge < -0.3 is 10.6 Å². The summed E-state index contributed by atoms with van der Waals surface area (Å²) in [5.74, 6) is -0.0121. The Morgan fingerprint density at radius 3 is 2.35 bits per heavy atom. The Hall–Kier alpha value is -2.29. The molecule has 0 aliphatic rings. The van der Waals surface area contributed by atoms with Crippen LogP contribution in [0.3, 0.4) is 0 Å². The molecule has 0 fully saturated rings. The Morgan fingerprint density at radius 2 is 1.70 bits per heavy atom. The summed E-state index contributed by atoms with van der Waals surface area (Å²) in [6.07, 6.45) is 0. The molecule has 0 heterocycles. The first kappa shape index (κ1) is 14.1. The second-order valence-electron chi connectivity index (χ2n) is 4.92. The van der Waals surface area contributed by atoms with Crippen LogP contribution in [0.1, 0.15) is 24.1 Å². The van der Waals surface area contributed by atoms with Crippen LogP contribution in [0.2, 0.25) is 0 Å².